The normalized spacial score (nSPS) is 29.4. The third-order valence-electron chi connectivity index (χ3n) is 4.17. The highest BCUT2D eigenvalue weighted by molar-refractivity contribution is 14.1. The van der Waals surface area contributed by atoms with Gasteiger partial charge in [0.05, 0.1) is 4.05 Å². The maximum atomic E-state index is 2.63. The van der Waals surface area contributed by atoms with Crippen molar-refractivity contribution < 1.29 is 0 Å². The summed E-state index contributed by atoms with van der Waals surface area (Å²) in [6.45, 7) is 12.3. The van der Waals surface area contributed by atoms with Crippen LogP contribution in [0.15, 0.2) is 0 Å². The molecule has 2 saturated heterocycles. The van der Waals surface area contributed by atoms with Gasteiger partial charge in [0.2, 0.25) is 0 Å². The number of alkyl halides is 1. The molecule has 1 spiro atoms. The first-order chi connectivity index (χ1) is 7.02. The second-order valence-electron chi connectivity index (χ2n) is 5.61. The molecule has 0 aromatic heterocycles. The molecule has 15 heavy (non-hydrogen) atoms. The summed E-state index contributed by atoms with van der Waals surface area (Å²) in [5.74, 6) is 0. The molecule has 0 radical (unpaired) electrons. The summed E-state index contributed by atoms with van der Waals surface area (Å²) >= 11 is 2.53. The monoisotopic (exact) mass is 322 g/mol. The van der Waals surface area contributed by atoms with Crippen molar-refractivity contribution in [2.75, 3.05) is 26.2 Å². The minimum atomic E-state index is 0.699. The first-order valence-electron chi connectivity index (χ1n) is 6.15. The van der Waals surface area contributed by atoms with Gasteiger partial charge in [-0.25, -0.2) is 0 Å². The highest BCUT2D eigenvalue weighted by Crippen LogP contribution is 2.42. The zero-order chi connectivity index (χ0) is 11.1. The van der Waals surface area contributed by atoms with E-state index >= 15 is 0 Å². The van der Waals surface area contributed by atoms with Crippen molar-refractivity contribution in [1.29, 1.82) is 0 Å². The van der Waals surface area contributed by atoms with E-state index < -0.39 is 0 Å². The number of likely N-dealkylation sites (tertiary alicyclic amines) is 2. The number of piperidine rings is 1. The molecule has 2 nitrogen and oxygen atoms in total. The van der Waals surface area contributed by atoms with Crippen LogP contribution in [0.3, 0.4) is 0 Å². The van der Waals surface area contributed by atoms with Gasteiger partial charge in [-0.2, -0.15) is 0 Å². The lowest BCUT2D eigenvalue weighted by molar-refractivity contribution is -0.0517. The van der Waals surface area contributed by atoms with Gasteiger partial charge in [-0.05, 0) is 52.1 Å². The van der Waals surface area contributed by atoms with Crippen molar-refractivity contribution in [2.24, 2.45) is 5.41 Å². The van der Waals surface area contributed by atoms with E-state index in [0.29, 0.717) is 5.41 Å². The lowest BCUT2D eigenvalue weighted by Gasteiger charge is -2.55. The number of halogens is 1. The molecule has 0 bridgehead atoms. The Morgan fingerprint density at radius 1 is 1.00 bits per heavy atom. The molecular weight excluding hydrogens is 299 g/mol. The minimum absolute atomic E-state index is 0.699. The highest BCUT2D eigenvalue weighted by atomic mass is 127. The van der Waals surface area contributed by atoms with E-state index in [4.69, 9.17) is 0 Å². The van der Waals surface area contributed by atoms with Crippen LogP contribution < -0.4 is 0 Å². The molecule has 0 aromatic carbocycles. The highest BCUT2D eigenvalue weighted by Gasteiger charge is 2.45. The van der Waals surface area contributed by atoms with E-state index in [1.54, 1.807) is 0 Å². The first-order valence-corrected chi connectivity index (χ1v) is 7.39. The standard InChI is InChI=1S/C12H23IN2/c1-10(2)14-6-4-12(5-7-14)8-15(9-12)11(3)13/h10-11H,4-9H2,1-3H3. The van der Waals surface area contributed by atoms with Crippen LogP contribution in [0.4, 0.5) is 0 Å². The molecule has 0 aromatic rings. The fourth-order valence-corrected chi connectivity index (χ4v) is 3.29. The Morgan fingerprint density at radius 3 is 1.93 bits per heavy atom. The molecule has 0 N–H and O–H groups in total. The first kappa shape index (κ1) is 12.1. The van der Waals surface area contributed by atoms with Gasteiger partial charge in [0.15, 0.2) is 0 Å². The second-order valence-corrected chi connectivity index (χ2v) is 7.41. The Morgan fingerprint density at radius 2 is 1.53 bits per heavy atom. The Kier molecular flexibility index (Phi) is 3.63. The molecule has 3 heteroatoms. The number of hydrogen-bond acceptors (Lipinski definition) is 2. The number of hydrogen-bond donors (Lipinski definition) is 0. The van der Waals surface area contributed by atoms with Gasteiger partial charge in [-0.3, -0.25) is 4.90 Å². The Hall–Kier alpha value is 0.650. The zero-order valence-electron chi connectivity index (χ0n) is 10.2. The van der Waals surface area contributed by atoms with Gasteiger partial charge in [0.1, 0.15) is 0 Å². The SMILES string of the molecule is CC(C)N1CCC2(CC1)CN(C(C)I)C2. The molecule has 2 fully saturated rings. The van der Waals surface area contributed by atoms with Gasteiger partial charge in [0.25, 0.3) is 0 Å². The van der Waals surface area contributed by atoms with Gasteiger partial charge in [0, 0.05) is 19.1 Å². The molecule has 2 heterocycles. The Labute approximate surface area is 108 Å². The van der Waals surface area contributed by atoms with E-state index in [9.17, 15) is 0 Å². The summed E-state index contributed by atoms with van der Waals surface area (Å²) in [5.41, 5.74) is 0.699. The molecule has 2 aliphatic rings. The van der Waals surface area contributed by atoms with E-state index in [1.807, 2.05) is 0 Å². The summed E-state index contributed by atoms with van der Waals surface area (Å²) in [7, 11) is 0. The van der Waals surface area contributed by atoms with Crippen LogP contribution >= 0.6 is 22.6 Å². The smallest absolute Gasteiger partial charge is 0.0590 e. The molecule has 0 saturated carbocycles. The second kappa shape index (κ2) is 4.49. The molecule has 1 unspecified atom stereocenters. The Balaban J connectivity index is 1.80. The van der Waals surface area contributed by atoms with Crippen molar-refractivity contribution >= 4 is 22.6 Å². The largest absolute Gasteiger partial charge is 0.301 e. The maximum Gasteiger partial charge on any atom is 0.0590 e. The van der Waals surface area contributed by atoms with Crippen LogP contribution in [0.5, 0.6) is 0 Å². The van der Waals surface area contributed by atoms with Crippen LogP contribution in [0.25, 0.3) is 0 Å². The Bertz CT molecular complexity index is 212. The lowest BCUT2D eigenvalue weighted by atomic mass is 9.72. The summed E-state index contributed by atoms with van der Waals surface area (Å²) < 4.78 is 0.719. The van der Waals surface area contributed by atoms with Crippen LogP contribution in [0.1, 0.15) is 33.6 Å². The predicted octanol–water partition coefficient (Wildman–Crippen LogP) is 2.57. The molecule has 2 rings (SSSR count). The van der Waals surface area contributed by atoms with Crippen molar-refractivity contribution in [3.05, 3.63) is 0 Å². The summed E-state index contributed by atoms with van der Waals surface area (Å²) in [6.07, 6.45) is 2.84. The predicted molar refractivity (Wildman–Crippen MR) is 73.4 cm³/mol. The molecule has 0 amide bonds. The van der Waals surface area contributed by atoms with Crippen LogP contribution in [-0.4, -0.2) is 46.1 Å². The van der Waals surface area contributed by atoms with Gasteiger partial charge in [-0.1, -0.05) is 22.6 Å². The van der Waals surface area contributed by atoms with Gasteiger partial charge in [-0.15, -0.1) is 0 Å². The van der Waals surface area contributed by atoms with Gasteiger partial charge < -0.3 is 4.90 Å². The number of rotatable bonds is 2. The van der Waals surface area contributed by atoms with Crippen LogP contribution in [0.2, 0.25) is 0 Å². The van der Waals surface area contributed by atoms with Crippen molar-refractivity contribution in [3.63, 3.8) is 0 Å². The fourth-order valence-electron chi connectivity index (χ4n) is 2.90. The average molecular weight is 322 g/mol. The maximum absolute atomic E-state index is 2.63. The average Bonchev–Trinajstić information content (AvgIpc) is 2.13. The topological polar surface area (TPSA) is 6.48 Å². The number of nitrogens with zero attached hydrogens (tertiary/aromatic N) is 2. The third kappa shape index (κ3) is 2.50. The van der Waals surface area contributed by atoms with Crippen molar-refractivity contribution in [1.82, 2.24) is 9.80 Å². The molecule has 88 valence electrons. The van der Waals surface area contributed by atoms with E-state index in [0.717, 1.165) is 10.1 Å². The fraction of sp³-hybridized carbons (Fsp3) is 1.00. The summed E-state index contributed by atoms with van der Waals surface area (Å²) in [6, 6.07) is 0.738. The lowest BCUT2D eigenvalue weighted by Crippen LogP contribution is -2.61. The molecule has 1 atom stereocenters. The van der Waals surface area contributed by atoms with Crippen molar-refractivity contribution in [3.8, 4) is 0 Å². The molecule has 2 aliphatic heterocycles. The zero-order valence-corrected chi connectivity index (χ0v) is 12.3. The molecular formula is C12H23IN2. The van der Waals surface area contributed by atoms with Crippen molar-refractivity contribution in [2.45, 2.75) is 43.7 Å². The quantitative estimate of drug-likeness (QED) is 0.438. The molecule has 0 aliphatic carbocycles. The van der Waals surface area contributed by atoms with E-state index in [2.05, 4.69) is 53.2 Å². The minimum Gasteiger partial charge on any atom is -0.301 e. The van der Waals surface area contributed by atoms with Crippen LogP contribution in [-0.2, 0) is 0 Å². The third-order valence-corrected chi connectivity index (χ3v) is 4.96. The van der Waals surface area contributed by atoms with E-state index in [1.165, 1.54) is 39.0 Å². The van der Waals surface area contributed by atoms with Gasteiger partial charge >= 0.3 is 0 Å². The van der Waals surface area contributed by atoms with Crippen LogP contribution in [0, 0.1) is 5.41 Å². The van der Waals surface area contributed by atoms with E-state index in [-0.39, 0.29) is 0 Å². The summed E-state index contributed by atoms with van der Waals surface area (Å²) in [4.78, 5) is 5.23. The summed E-state index contributed by atoms with van der Waals surface area (Å²) in [5, 5.41) is 0.